The van der Waals surface area contributed by atoms with Gasteiger partial charge in [-0.05, 0) is 92.8 Å². The van der Waals surface area contributed by atoms with E-state index in [1.165, 1.54) is 29.5 Å². The summed E-state index contributed by atoms with van der Waals surface area (Å²) in [7, 11) is -18.5. The number of aryl methyl sites for hydroxylation is 2. The number of para-hydroxylation sites is 2. The van der Waals surface area contributed by atoms with Gasteiger partial charge in [0, 0.05) is 24.2 Å². The summed E-state index contributed by atoms with van der Waals surface area (Å²) in [6.07, 6.45) is -0.294. The molecule has 0 fully saturated rings. The van der Waals surface area contributed by atoms with Crippen molar-refractivity contribution in [2.75, 3.05) is 30.0 Å². The number of anilines is 1. The molecule has 0 amide bonds. The molecule has 2 aromatic heterocycles. The van der Waals surface area contributed by atoms with Gasteiger partial charge in [-0.3, -0.25) is 22.6 Å². The first-order chi connectivity index (χ1) is 31.3. The number of imidazole rings is 1. The van der Waals surface area contributed by atoms with Crippen molar-refractivity contribution >= 4 is 85.6 Å². The Bertz CT molecular complexity index is 3500. The Balaban J connectivity index is 1.37. The van der Waals surface area contributed by atoms with E-state index in [1.54, 1.807) is 44.2 Å². The second-order valence-corrected chi connectivity index (χ2v) is 20.7. The van der Waals surface area contributed by atoms with Crippen LogP contribution in [0.25, 0.3) is 16.7 Å². The zero-order valence-corrected chi connectivity index (χ0v) is 38.6. The molecule has 0 aliphatic carbocycles. The number of fused-ring (bicyclic) bond motifs is 3. The summed E-state index contributed by atoms with van der Waals surface area (Å²) >= 11 is 0. The van der Waals surface area contributed by atoms with E-state index >= 15 is 0 Å². The Morgan fingerprint density at radius 2 is 1.27 bits per heavy atom. The van der Waals surface area contributed by atoms with Crippen LogP contribution in [0.3, 0.4) is 0 Å². The highest BCUT2D eigenvalue weighted by Gasteiger charge is 2.23. The predicted octanol–water partition coefficient (Wildman–Crippen LogP) is 7.24. The Kier molecular flexibility index (Phi) is 14.6. The molecule has 0 aliphatic heterocycles. The lowest BCUT2D eigenvalue weighted by atomic mass is 10.0. The van der Waals surface area contributed by atoms with Gasteiger partial charge < -0.3 is 19.9 Å². The fourth-order valence-corrected chi connectivity index (χ4v) is 8.65. The molecule has 6 rings (SSSR count). The number of nitrogens with zero attached hydrogens (tertiary/aromatic N) is 7. The lowest BCUT2D eigenvalue weighted by Gasteiger charge is -2.18. The van der Waals surface area contributed by atoms with Crippen molar-refractivity contribution in [3.05, 3.63) is 94.5 Å². The quantitative estimate of drug-likeness (QED) is 0.0264. The van der Waals surface area contributed by atoms with Crippen molar-refractivity contribution < 1.29 is 66.5 Å². The smallest absolute Gasteiger partial charge is 0.296 e. The van der Waals surface area contributed by atoms with Gasteiger partial charge in [-0.15, -0.1) is 10.2 Å². The standard InChI is InChI=1S/C40H40N8O15S4/c1-23-16-32(42-22-28-25(3)27(21-41)39-43-29-8-4-5-9-35(29)48(39)40(28)49)36(62-12-6-14-64(50,51)52)19-30(23)44-46-33-17-24(2)31(20-37(33)63-13-7-15-65(53,54)55)45-47-34-18-26(66(56,57)58)10-11-38(34)67(59,60)61/h4-5,8-11,16-20,42,49H,6-7,12-15,22H2,1-3H3,(H,50,51,52)(H,53,54,55)(H,56,57,58)(H,59,60,61). The molecule has 0 unspecified atom stereocenters. The highest BCUT2D eigenvalue weighted by atomic mass is 32.2. The van der Waals surface area contributed by atoms with Crippen molar-refractivity contribution in [1.82, 2.24) is 9.38 Å². The molecule has 0 saturated carbocycles. The lowest BCUT2D eigenvalue weighted by Crippen LogP contribution is -2.10. The van der Waals surface area contributed by atoms with Crippen molar-refractivity contribution in [1.29, 1.82) is 5.26 Å². The molecule has 6 aromatic rings. The molecule has 0 saturated heterocycles. The molecule has 0 bridgehead atoms. The van der Waals surface area contributed by atoms with Crippen molar-refractivity contribution in [3.63, 3.8) is 0 Å². The molecule has 0 aliphatic rings. The van der Waals surface area contributed by atoms with E-state index < -0.39 is 67.5 Å². The molecule has 4 aromatic carbocycles. The molecule has 6 N–H and O–H groups in total. The van der Waals surface area contributed by atoms with Gasteiger partial charge in [0.2, 0.25) is 5.88 Å². The van der Waals surface area contributed by atoms with Gasteiger partial charge in [-0.2, -0.15) is 49.2 Å². The first-order valence-electron chi connectivity index (χ1n) is 19.5. The van der Waals surface area contributed by atoms with E-state index in [9.17, 15) is 62.3 Å². The first kappa shape index (κ1) is 49.8. The molecule has 23 nitrogen and oxygen atoms in total. The molecular weight excluding hydrogens is 961 g/mol. The van der Waals surface area contributed by atoms with Crippen molar-refractivity contribution in [2.24, 2.45) is 20.5 Å². The number of nitrogens with one attached hydrogen (secondary N) is 1. The fraction of sp³-hybridized carbons (Fsp3) is 0.250. The highest BCUT2D eigenvalue weighted by Crippen LogP contribution is 2.40. The third-order valence-electron chi connectivity index (χ3n) is 9.88. The minimum atomic E-state index is -4.96. The predicted molar refractivity (Wildman–Crippen MR) is 241 cm³/mol. The Morgan fingerprint density at radius 1 is 0.701 bits per heavy atom. The SMILES string of the molecule is Cc1cc(NCc2c(C)c(C#N)c3nc4ccccc4n3c2O)c(OCCCS(=O)(=O)O)cc1N=Nc1cc(C)c(N=Nc2cc(S(=O)(=O)O)ccc2S(=O)(=O)O)cc1OCCCS(=O)(=O)O. The molecule has 0 spiro atoms. The molecule has 27 heteroatoms. The molecule has 0 atom stereocenters. The molecular formula is C40H40N8O15S4. The Hall–Kier alpha value is -6.64. The van der Waals surface area contributed by atoms with Gasteiger partial charge in [-0.1, -0.05) is 12.1 Å². The summed E-state index contributed by atoms with van der Waals surface area (Å²) in [6.45, 7) is 4.37. The summed E-state index contributed by atoms with van der Waals surface area (Å²) in [4.78, 5) is 2.96. The molecule has 0 radical (unpaired) electrons. The number of aromatic nitrogens is 2. The van der Waals surface area contributed by atoms with Gasteiger partial charge in [-0.25, -0.2) is 4.98 Å². The number of aromatic hydroxyl groups is 1. The maximum Gasteiger partial charge on any atom is 0.296 e. The van der Waals surface area contributed by atoms with Crippen LogP contribution in [0.5, 0.6) is 17.4 Å². The highest BCUT2D eigenvalue weighted by molar-refractivity contribution is 7.86. The second-order valence-electron chi connectivity index (χ2n) is 14.7. The molecule has 2 heterocycles. The maximum absolute atomic E-state index is 12.0. The third kappa shape index (κ3) is 12.2. The maximum atomic E-state index is 12.0. The number of pyridine rings is 1. The van der Waals surface area contributed by atoms with Crippen LogP contribution in [0.2, 0.25) is 0 Å². The van der Waals surface area contributed by atoms with E-state index in [1.807, 2.05) is 0 Å². The van der Waals surface area contributed by atoms with Crippen LogP contribution in [0.4, 0.5) is 28.4 Å². The van der Waals surface area contributed by atoms with Crippen molar-refractivity contribution in [3.8, 4) is 23.4 Å². The summed E-state index contributed by atoms with van der Waals surface area (Å²) in [6, 6.07) is 17.1. The number of nitriles is 1. The van der Waals surface area contributed by atoms with Crippen LogP contribution in [0, 0.1) is 32.1 Å². The number of hydrogen-bond acceptors (Lipinski definition) is 18. The first-order valence-corrected chi connectivity index (χ1v) is 25.6. The molecule has 67 heavy (non-hydrogen) atoms. The topological polar surface area (TPSA) is 359 Å². The van der Waals surface area contributed by atoms with Crippen LogP contribution < -0.4 is 14.8 Å². The number of ether oxygens (including phenoxy) is 2. The van der Waals surface area contributed by atoms with Crippen LogP contribution >= 0.6 is 0 Å². The summed E-state index contributed by atoms with van der Waals surface area (Å²) in [5, 5.41) is 41.4. The number of benzene rings is 4. The summed E-state index contributed by atoms with van der Waals surface area (Å²) in [5.74, 6) is -1.37. The minimum Gasteiger partial charge on any atom is -0.494 e. The van der Waals surface area contributed by atoms with Crippen molar-refractivity contribution in [2.45, 2.75) is 49.9 Å². The fourth-order valence-electron chi connectivity index (χ4n) is 6.58. The van der Waals surface area contributed by atoms with Gasteiger partial charge in [0.1, 0.15) is 33.8 Å². The van der Waals surface area contributed by atoms with E-state index in [4.69, 9.17) is 9.47 Å². The van der Waals surface area contributed by atoms with E-state index in [0.717, 1.165) is 6.07 Å². The van der Waals surface area contributed by atoms with Gasteiger partial charge in [0.25, 0.3) is 40.5 Å². The largest absolute Gasteiger partial charge is 0.494 e. The van der Waals surface area contributed by atoms with Crippen LogP contribution in [-0.4, -0.2) is 91.1 Å². The van der Waals surface area contributed by atoms with E-state index in [0.29, 0.717) is 51.1 Å². The average Bonchev–Trinajstić information content (AvgIpc) is 3.62. The minimum absolute atomic E-state index is 0.0157. The van der Waals surface area contributed by atoms with Crippen LogP contribution in [0.15, 0.2) is 97.0 Å². The zero-order chi connectivity index (χ0) is 49.1. The third-order valence-corrected chi connectivity index (χ3v) is 13.2. The Labute approximate surface area is 383 Å². The number of azo groups is 2. The van der Waals surface area contributed by atoms with E-state index in [2.05, 4.69) is 36.8 Å². The monoisotopic (exact) mass is 1000 g/mol. The number of hydrogen-bond donors (Lipinski definition) is 6. The second kappa shape index (κ2) is 19.7. The average molecular weight is 1000 g/mol. The normalized spacial score (nSPS) is 12.6. The summed E-state index contributed by atoms with van der Waals surface area (Å²) in [5.41, 5.74) is 3.20. The molecule has 354 valence electrons. The van der Waals surface area contributed by atoms with Crippen LogP contribution in [0.1, 0.15) is 40.7 Å². The van der Waals surface area contributed by atoms with Gasteiger partial charge in [0.15, 0.2) is 5.65 Å². The van der Waals surface area contributed by atoms with E-state index in [-0.39, 0.29) is 78.3 Å². The summed E-state index contributed by atoms with van der Waals surface area (Å²) < 4.78 is 144. The van der Waals surface area contributed by atoms with Gasteiger partial charge in [0.05, 0.1) is 63.3 Å². The Morgan fingerprint density at radius 3 is 1.87 bits per heavy atom. The zero-order valence-electron chi connectivity index (χ0n) is 35.4. The van der Waals surface area contributed by atoms with Gasteiger partial charge >= 0.3 is 0 Å². The van der Waals surface area contributed by atoms with Crippen LogP contribution in [-0.2, 0) is 47.0 Å². The lowest BCUT2D eigenvalue weighted by molar-refractivity contribution is 0.317. The number of rotatable bonds is 19.